The van der Waals surface area contributed by atoms with Gasteiger partial charge in [0.1, 0.15) is 0 Å². The highest BCUT2D eigenvalue weighted by atomic mass is 14.3. The molecule has 0 rings (SSSR count). The van der Waals surface area contributed by atoms with Gasteiger partial charge in [-0.3, -0.25) is 0 Å². The summed E-state index contributed by atoms with van der Waals surface area (Å²) in [6.07, 6.45) is 9.39. The first-order valence-electron chi connectivity index (χ1n) is 5.69. The first kappa shape index (κ1) is 14.2. The van der Waals surface area contributed by atoms with Crippen LogP contribution in [0.1, 0.15) is 48.0 Å². The van der Waals surface area contributed by atoms with Crippen LogP contribution in [0.15, 0.2) is 36.5 Å². The van der Waals surface area contributed by atoms with Crippen molar-refractivity contribution in [1.29, 1.82) is 0 Å². The lowest BCUT2D eigenvalue weighted by molar-refractivity contribution is 0.253. The molecular formula is C15H26. The fourth-order valence-corrected chi connectivity index (χ4v) is 2.31. The fraction of sp³-hybridized carbons (Fsp3) is 0.600. The van der Waals surface area contributed by atoms with Crippen LogP contribution >= 0.6 is 0 Å². The van der Waals surface area contributed by atoms with Crippen LogP contribution in [0, 0.1) is 10.8 Å². The number of hydrogen-bond donors (Lipinski definition) is 0. The maximum Gasteiger partial charge on any atom is -0.0102 e. The van der Waals surface area contributed by atoms with Gasteiger partial charge in [-0.2, -0.15) is 0 Å². The molecule has 0 aromatic rings. The zero-order valence-corrected chi connectivity index (χ0v) is 11.2. The smallest absolute Gasteiger partial charge is 0.0102 e. The summed E-state index contributed by atoms with van der Waals surface area (Å²) < 4.78 is 0. The van der Waals surface area contributed by atoms with E-state index in [1.54, 1.807) is 0 Å². The van der Waals surface area contributed by atoms with Gasteiger partial charge in [-0.05, 0) is 29.7 Å². The summed E-state index contributed by atoms with van der Waals surface area (Å²) in [5.41, 5.74) is 1.98. The predicted octanol–water partition coefficient (Wildman–Crippen LogP) is 5.14. The van der Waals surface area contributed by atoms with Gasteiger partial charge in [0.2, 0.25) is 0 Å². The number of hydrogen-bond acceptors (Lipinski definition) is 0. The van der Waals surface area contributed by atoms with Crippen LogP contribution in [-0.4, -0.2) is 0 Å². The highest BCUT2D eigenvalue weighted by Gasteiger charge is 2.27. The second kappa shape index (κ2) is 5.34. The van der Waals surface area contributed by atoms with Gasteiger partial charge in [-0.15, -0.1) is 0 Å². The molecule has 0 aromatic heterocycles. The van der Waals surface area contributed by atoms with E-state index in [-0.39, 0.29) is 5.41 Å². The Balaban J connectivity index is 4.83. The van der Waals surface area contributed by atoms with Crippen molar-refractivity contribution in [2.24, 2.45) is 10.8 Å². The minimum absolute atomic E-state index is 0.229. The lowest BCUT2D eigenvalue weighted by Gasteiger charge is -2.33. The minimum atomic E-state index is 0.229. The molecular weight excluding hydrogens is 180 g/mol. The van der Waals surface area contributed by atoms with Gasteiger partial charge in [-0.1, -0.05) is 65.5 Å². The van der Waals surface area contributed by atoms with Crippen molar-refractivity contribution in [3.63, 3.8) is 0 Å². The van der Waals surface area contributed by atoms with Crippen LogP contribution in [0.5, 0.6) is 0 Å². The summed E-state index contributed by atoms with van der Waals surface area (Å²) in [7, 11) is 0. The normalized spacial score (nSPS) is 14.7. The monoisotopic (exact) mass is 206 g/mol. The third-order valence-electron chi connectivity index (χ3n) is 2.48. The Morgan fingerprint density at radius 3 is 2.00 bits per heavy atom. The summed E-state index contributed by atoms with van der Waals surface area (Å²) in [4.78, 5) is 0. The molecule has 0 aromatic carbocycles. The third-order valence-corrected chi connectivity index (χ3v) is 2.48. The van der Waals surface area contributed by atoms with Crippen LogP contribution < -0.4 is 0 Å². The molecule has 15 heavy (non-hydrogen) atoms. The molecule has 0 aliphatic rings. The van der Waals surface area contributed by atoms with E-state index in [1.165, 1.54) is 12.0 Å². The lowest BCUT2D eigenvalue weighted by atomic mass is 9.72. The van der Waals surface area contributed by atoms with Crippen molar-refractivity contribution < 1.29 is 0 Å². The van der Waals surface area contributed by atoms with Gasteiger partial charge in [0.15, 0.2) is 0 Å². The van der Waals surface area contributed by atoms with Crippen molar-refractivity contribution in [2.45, 2.75) is 48.0 Å². The Hall–Kier alpha value is -0.780. The first-order valence-corrected chi connectivity index (χ1v) is 5.69. The molecule has 0 N–H and O–H groups in total. The summed E-state index contributed by atoms with van der Waals surface area (Å²) >= 11 is 0. The maximum absolute atomic E-state index is 3.71. The lowest BCUT2D eigenvalue weighted by Crippen LogP contribution is -2.22. The molecule has 0 atom stereocenters. The molecule has 0 heteroatoms. The van der Waals surface area contributed by atoms with E-state index < -0.39 is 0 Å². The van der Waals surface area contributed by atoms with E-state index in [1.807, 2.05) is 12.2 Å². The SMILES string of the molecule is C=C/C=C\C(=C/C)C(C)(C)CC(C)(C)C. The van der Waals surface area contributed by atoms with Crippen molar-refractivity contribution in [3.05, 3.63) is 36.5 Å². The second-order valence-electron chi connectivity index (χ2n) is 5.96. The Morgan fingerprint density at radius 2 is 1.67 bits per heavy atom. The molecule has 0 saturated carbocycles. The average molecular weight is 206 g/mol. The molecule has 86 valence electrons. The van der Waals surface area contributed by atoms with Gasteiger partial charge in [0.25, 0.3) is 0 Å². The van der Waals surface area contributed by atoms with Crippen molar-refractivity contribution >= 4 is 0 Å². The number of allylic oxidation sites excluding steroid dienone is 5. The van der Waals surface area contributed by atoms with Gasteiger partial charge >= 0.3 is 0 Å². The van der Waals surface area contributed by atoms with E-state index in [0.717, 1.165) is 0 Å². The molecule has 0 aliphatic carbocycles. The zero-order valence-electron chi connectivity index (χ0n) is 11.2. The predicted molar refractivity (Wildman–Crippen MR) is 70.9 cm³/mol. The standard InChI is InChI=1S/C15H26/c1-8-10-11-13(9-2)15(6,7)12-14(3,4)5/h8-11H,1,12H2,2-7H3/b11-10-,13-9+. The molecule has 0 spiro atoms. The summed E-state index contributed by atoms with van der Waals surface area (Å²) in [6.45, 7) is 17.3. The Kier molecular flexibility index (Phi) is 5.07. The largest absolute Gasteiger partial charge is 0.0991 e. The van der Waals surface area contributed by atoms with Crippen LogP contribution in [-0.2, 0) is 0 Å². The fourth-order valence-electron chi connectivity index (χ4n) is 2.31. The first-order chi connectivity index (χ1) is 6.73. The van der Waals surface area contributed by atoms with Gasteiger partial charge in [0, 0.05) is 0 Å². The van der Waals surface area contributed by atoms with E-state index in [2.05, 4.69) is 60.3 Å². The van der Waals surface area contributed by atoms with E-state index in [9.17, 15) is 0 Å². The second-order valence-corrected chi connectivity index (χ2v) is 5.96. The van der Waals surface area contributed by atoms with E-state index >= 15 is 0 Å². The van der Waals surface area contributed by atoms with E-state index in [4.69, 9.17) is 0 Å². The van der Waals surface area contributed by atoms with Gasteiger partial charge in [0.05, 0.1) is 0 Å². The van der Waals surface area contributed by atoms with Gasteiger partial charge < -0.3 is 0 Å². The molecule has 0 radical (unpaired) electrons. The highest BCUT2D eigenvalue weighted by molar-refractivity contribution is 5.27. The highest BCUT2D eigenvalue weighted by Crippen LogP contribution is 2.39. The van der Waals surface area contributed by atoms with Crippen LogP contribution in [0.3, 0.4) is 0 Å². The molecule has 0 fully saturated rings. The molecule has 0 aliphatic heterocycles. The topological polar surface area (TPSA) is 0 Å². The van der Waals surface area contributed by atoms with Crippen molar-refractivity contribution in [3.8, 4) is 0 Å². The average Bonchev–Trinajstić information content (AvgIpc) is 2.00. The number of rotatable bonds is 4. The van der Waals surface area contributed by atoms with E-state index in [0.29, 0.717) is 5.41 Å². The summed E-state index contributed by atoms with van der Waals surface area (Å²) in [6, 6.07) is 0. The van der Waals surface area contributed by atoms with Crippen molar-refractivity contribution in [1.82, 2.24) is 0 Å². The summed E-state index contributed by atoms with van der Waals surface area (Å²) in [5.74, 6) is 0. The van der Waals surface area contributed by atoms with Gasteiger partial charge in [-0.25, -0.2) is 0 Å². The Labute approximate surface area is 95.8 Å². The maximum atomic E-state index is 3.71. The van der Waals surface area contributed by atoms with Crippen LogP contribution in [0.25, 0.3) is 0 Å². The molecule has 0 nitrogen and oxygen atoms in total. The Bertz CT molecular complexity index is 256. The Morgan fingerprint density at radius 1 is 1.13 bits per heavy atom. The quantitative estimate of drug-likeness (QED) is 0.559. The zero-order chi connectivity index (χ0) is 12.1. The van der Waals surface area contributed by atoms with Crippen molar-refractivity contribution in [2.75, 3.05) is 0 Å². The molecule has 0 saturated heterocycles. The summed E-state index contributed by atoms with van der Waals surface area (Å²) in [5, 5.41) is 0. The van der Waals surface area contributed by atoms with Crippen LogP contribution in [0.2, 0.25) is 0 Å². The third kappa shape index (κ3) is 5.61. The molecule has 0 unspecified atom stereocenters. The minimum Gasteiger partial charge on any atom is -0.0991 e. The molecule has 0 heterocycles. The van der Waals surface area contributed by atoms with Crippen LogP contribution in [0.4, 0.5) is 0 Å². The molecule has 0 bridgehead atoms. The molecule has 0 amide bonds.